The van der Waals surface area contributed by atoms with Gasteiger partial charge in [0.2, 0.25) is 5.95 Å². The smallest absolute Gasteiger partial charge is 0.356 e. The van der Waals surface area contributed by atoms with Crippen molar-refractivity contribution in [3.05, 3.63) is 33.8 Å². The monoisotopic (exact) mass is 313 g/mol. The molecule has 0 unspecified atom stereocenters. The van der Waals surface area contributed by atoms with Gasteiger partial charge in [-0.25, -0.2) is 4.79 Å². The first-order chi connectivity index (χ1) is 9.52. The minimum absolute atomic E-state index is 0.0271. The molecule has 0 saturated carbocycles. The number of anilines is 1. The minimum atomic E-state index is -0.657. The molecule has 0 spiro atoms. The molecule has 0 bridgehead atoms. The number of methoxy groups -OCH3 is 1. The predicted octanol–water partition coefficient (Wildman–Crippen LogP) is 1.73. The van der Waals surface area contributed by atoms with Crippen molar-refractivity contribution in [1.29, 1.82) is 0 Å². The Morgan fingerprint density at radius 3 is 2.75 bits per heavy atom. The van der Waals surface area contributed by atoms with Crippen LogP contribution in [0.3, 0.4) is 0 Å². The number of nitrogen functional groups attached to an aromatic ring is 1. The number of carbonyl (C=O) groups excluding carboxylic acids is 1. The van der Waals surface area contributed by atoms with Crippen molar-refractivity contribution in [2.45, 2.75) is 0 Å². The van der Waals surface area contributed by atoms with Gasteiger partial charge in [-0.1, -0.05) is 34.4 Å². The summed E-state index contributed by atoms with van der Waals surface area (Å²) in [6.45, 7) is 0. The molecule has 2 aromatic rings. The number of hydrogen-bond donors (Lipinski definition) is 1. The van der Waals surface area contributed by atoms with E-state index in [1.807, 2.05) is 0 Å². The molecule has 104 valence electrons. The molecular formula is C11H9Cl2N5O2. The van der Waals surface area contributed by atoms with E-state index < -0.39 is 5.97 Å². The second-order valence-electron chi connectivity index (χ2n) is 3.64. The number of hydrogen-bond acceptors (Lipinski definition) is 6. The summed E-state index contributed by atoms with van der Waals surface area (Å²) in [7, 11) is 1.24. The maximum atomic E-state index is 11.8. The number of halogens is 2. The molecule has 1 heterocycles. The maximum Gasteiger partial charge on any atom is 0.356 e. The Hall–Kier alpha value is -2.12. The van der Waals surface area contributed by atoms with E-state index >= 15 is 0 Å². The van der Waals surface area contributed by atoms with E-state index in [1.54, 1.807) is 18.2 Å². The Bertz CT molecular complexity index is 683. The van der Waals surface area contributed by atoms with Gasteiger partial charge in [-0.15, -0.1) is 0 Å². The lowest BCUT2D eigenvalue weighted by molar-refractivity contribution is -0.134. The number of ether oxygens (including phenoxy) is 1. The molecule has 0 aliphatic heterocycles. The molecule has 20 heavy (non-hydrogen) atoms. The summed E-state index contributed by atoms with van der Waals surface area (Å²) in [6.07, 6.45) is 1.46. The number of aromatic nitrogens is 4. The summed E-state index contributed by atoms with van der Waals surface area (Å²) in [5, 5.41) is 11.3. The predicted molar refractivity (Wildman–Crippen MR) is 74.9 cm³/mol. The van der Waals surface area contributed by atoms with Crippen molar-refractivity contribution in [1.82, 2.24) is 20.2 Å². The zero-order valence-electron chi connectivity index (χ0n) is 10.2. The molecule has 7 nitrogen and oxygen atoms in total. The highest BCUT2D eigenvalue weighted by molar-refractivity contribution is 6.35. The maximum absolute atomic E-state index is 11.8. The van der Waals surface area contributed by atoms with Crippen molar-refractivity contribution in [3.8, 4) is 0 Å². The summed E-state index contributed by atoms with van der Waals surface area (Å²) in [4.78, 5) is 11.8. The van der Waals surface area contributed by atoms with Crippen LogP contribution in [0.4, 0.5) is 5.95 Å². The molecular weight excluding hydrogens is 305 g/mol. The van der Waals surface area contributed by atoms with Crippen LogP contribution in [0.5, 0.6) is 0 Å². The summed E-state index contributed by atoms with van der Waals surface area (Å²) >= 11 is 11.9. The lowest BCUT2D eigenvalue weighted by atomic mass is 10.2. The molecule has 2 N–H and O–H groups in total. The third-order valence-electron chi connectivity index (χ3n) is 2.37. The number of rotatable bonds is 3. The van der Waals surface area contributed by atoms with Crippen LogP contribution in [0, 0.1) is 0 Å². The Morgan fingerprint density at radius 1 is 1.45 bits per heavy atom. The molecule has 0 fully saturated rings. The summed E-state index contributed by atoms with van der Waals surface area (Å²) in [5.74, 6) is -0.707. The molecule has 0 aliphatic rings. The van der Waals surface area contributed by atoms with Gasteiger partial charge >= 0.3 is 5.97 Å². The SMILES string of the molecule is COC(=O)/C(=C/c1ccc(Cl)cc1Cl)n1nnnc1N. The number of nitrogens with two attached hydrogens (primary N) is 1. The first-order valence-corrected chi connectivity index (χ1v) is 6.08. The molecule has 0 amide bonds. The summed E-state index contributed by atoms with van der Waals surface area (Å²) in [6, 6.07) is 4.83. The topological polar surface area (TPSA) is 95.9 Å². The molecule has 0 aliphatic carbocycles. The quantitative estimate of drug-likeness (QED) is 0.684. The van der Waals surface area contributed by atoms with Crippen LogP contribution in [-0.4, -0.2) is 33.3 Å². The van der Waals surface area contributed by atoms with E-state index in [0.717, 1.165) is 4.68 Å². The molecule has 9 heteroatoms. The highest BCUT2D eigenvalue weighted by Crippen LogP contribution is 2.24. The van der Waals surface area contributed by atoms with Crippen LogP contribution in [0.25, 0.3) is 11.8 Å². The zero-order valence-corrected chi connectivity index (χ0v) is 11.8. The summed E-state index contributed by atoms with van der Waals surface area (Å²) < 4.78 is 5.73. The first-order valence-electron chi connectivity index (χ1n) is 5.32. The fourth-order valence-corrected chi connectivity index (χ4v) is 1.91. The van der Waals surface area contributed by atoms with Crippen molar-refractivity contribution >= 4 is 46.9 Å². The van der Waals surface area contributed by atoms with Crippen molar-refractivity contribution in [3.63, 3.8) is 0 Å². The van der Waals surface area contributed by atoms with E-state index in [-0.39, 0.29) is 11.6 Å². The van der Waals surface area contributed by atoms with Crippen molar-refractivity contribution < 1.29 is 9.53 Å². The second kappa shape index (κ2) is 5.89. The average molecular weight is 314 g/mol. The number of benzene rings is 1. The normalized spacial score (nSPS) is 11.4. The number of nitrogens with zero attached hydrogens (tertiary/aromatic N) is 4. The molecule has 1 aromatic heterocycles. The third kappa shape index (κ3) is 2.89. The average Bonchev–Trinajstić information content (AvgIpc) is 2.83. The molecule has 1 aromatic carbocycles. The summed E-state index contributed by atoms with van der Waals surface area (Å²) in [5.41, 5.74) is 6.15. The lowest BCUT2D eigenvalue weighted by Gasteiger charge is -2.06. The molecule has 2 rings (SSSR count). The Morgan fingerprint density at radius 2 is 2.20 bits per heavy atom. The minimum Gasteiger partial charge on any atom is -0.464 e. The number of tetrazole rings is 1. The highest BCUT2D eigenvalue weighted by Gasteiger charge is 2.17. The Labute approximate surface area is 123 Å². The van der Waals surface area contributed by atoms with Gasteiger partial charge < -0.3 is 10.5 Å². The van der Waals surface area contributed by atoms with Gasteiger partial charge in [0.25, 0.3) is 0 Å². The standard InChI is InChI=1S/C11H9Cl2N5O2/c1-20-10(19)9(18-11(14)15-16-17-18)4-6-2-3-7(12)5-8(6)13/h2-5H,1H3,(H2,14,15,17)/b9-4-. The van der Waals surface area contributed by atoms with Crippen molar-refractivity contribution in [2.24, 2.45) is 0 Å². The van der Waals surface area contributed by atoms with Crippen molar-refractivity contribution in [2.75, 3.05) is 12.8 Å². The zero-order chi connectivity index (χ0) is 14.7. The van der Waals surface area contributed by atoms with E-state index in [1.165, 1.54) is 13.2 Å². The van der Waals surface area contributed by atoms with Crippen LogP contribution < -0.4 is 5.73 Å². The number of esters is 1. The van der Waals surface area contributed by atoms with Gasteiger partial charge in [-0.3, -0.25) is 0 Å². The first kappa shape index (κ1) is 14.3. The van der Waals surface area contributed by atoms with Gasteiger partial charge in [0, 0.05) is 10.0 Å². The van der Waals surface area contributed by atoms with E-state index in [9.17, 15) is 4.79 Å². The van der Waals surface area contributed by atoms with E-state index in [4.69, 9.17) is 28.9 Å². The largest absolute Gasteiger partial charge is 0.464 e. The van der Waals surface area contributed by atoms with E-state index in [0.29, 0.717) is 15.6 Å². The third-order valence-corrected chi connectivity index (χ3v) is 2.93. The van der Waals surface area contributed by atoms with Gasteiger partial charge in [0.15, 0.2) is 5.70 Å². The van der Waals surface area contributed by atoms with Crippen LogP contribution >= 0.6 is 23.2 Å². The van der Waals surface area contributed by atoms with Gasteiger partial charge in [-0.2, -0.15) is 4.68 Å². The highest BCUT2D eigenvalue weighted by atomic mass is 35.5. The number of carbonyl (C=O) groups is 1. The van der Waals surface area contributed by atoms with Crippen LogP contribution in [0.1, 0.15) is 5.56 Å². The Kier molecular flexibility index (Phi) is 4.21. The van der Waals surface area contributed by atoms with Crippen LogP contribution in [0.15, 0.2) is 18.2 Å². The van der Waals surface area contributed by atoms with Gasteiger partial charge in [-0.05, 0) is 34.2 Å². The Balaban J connectivity index is 2.54. The fourth-order valence-electron chi connectivity index (χ4n) is 1.44. The van der Waals surface area contributed by atoms with Gasteiger partial charge in [0.05, 0.1) is 7.11 Å². The van der Waals surface area contributed by atoms with Crippen LogP contribution in [-0.2, 0) is 9.53 Å². The molecule has 0 atom stereocenters. The lowest BCUT2D eigenvalue weighted by Crippen LogP contribution is -2.14. The van der Waals surface area contributed by atoms with E-state index in [2.05, 4.69) is 20.3 Å². The van der Waals surface area contributed by atoms with Gasteiger partial charge in [0.1, 0.15) is 0 Å². The fraction of sp³-hybridized carbons (Fsp3) is 0.0909. The second-order valence-corrected chi connectivity index (χ2v) is 4.48. The molecule has 0 saturated heterocycles. The molecule has 0 radical (unpaired) electrons. The van der Waals surface area contributed by atoms with Crippen LogP contribution in [0.2, 0.25) is 10.0 Å².